The van der Waals surface area contributed by atoms with Gasteiger partial charge in [0.15, 0.2) is 0 Å². The average molecular weight is 263 g/mol. The van der Waals surface area contributed by atoms with Crippen LogP contribution in [0.1, 0.15) is 15.9 Å². The Hall–Kier alpha value is -1.84. The molecule has 2 N–H and O–H groups in total. The fourth-order valence-electron chi connectivity index (χ4n) is 1.81. The summed E-state index contributed by atoms with van der Waals surface area (Å²) in [6, 6.07) is 11.9. The summed E-state index contributed by atoms with van der Waals surface area (Å²) in [5.41, 5.74) is 2.33. The normalized spacial score (nSPS) is 10.3. The molecule has 2 aromatic carbocycles. The van der Waals surface area contributed by atoms with Crippen molar-refractivity contribution < 1.29 is 15.0 Å². The van der Waals surface area contributed by atoms with Crippen LogP contribution in [-0.4, -0.2) is 16.2 Å². The van der Waals surface area contributed by atoms with Gasteiger partial charge in [0.2, 0.25) is 0 Å². The van der Waals surface area contributed by atoms with E-state index in [-0.39, 0.29) is 12.2 Å². The summed E-state index contributed by atoms with van der Waals surface area (Å²) in [5.74, 6) is -1.03. The Morgan fingerprint density at radius 3 is 2.56 bits per heavy atom. The predicted octanol–water partition coefficient (Wildman–Crippen LogP) is 3.20. The second kappa shape index (κ2) is 5.21. The number of aliphatic hydroxyl groups is 1. The Balaban J connectivity index is 2.60. The molecule has 0 aliphatic rings. The molecule has 0 bridgehead atoms. The molecule has 0 unspecified atom stereocenters. The zero-order chi connectivity index (χ0) is 13.1. The molecule has 2 aromatic rings. The third-order valence-electron chi connectivity index (χ3n) is 2.64. The summed E-state index contributed by atoms with van der Waals surface area (Å²) in [6.45, 7) is -0.106. The maximum Gasteiger partial charge on any atom is 0.335 e. The monoisotopic (exact) mass is 262 g/mol. The van der Waals surface area contributed by atoms with Crippen LogP contribution >= 0.6 is 11.6 Å². The first kappa shape index (κ1) is 12.6. The average Bonchev–Trinajstić information content (AvgIpc) is 2.38. The maximum absolute atomic E-state index is 11.0. The van der Waals surface area contributed by atoms with E-state index in [1.54, 1.807) is 18.2 Å². The molecule has 2 rings (SSSR count). The summed E-state index contributed by atoms with van der Waals surface area (Å²) >= 11 is 5.91. The van der Waals surface area contributed by atoms with E-state index in [9.17, 15) is 9.90 Å². The number of carboxylic acids is 1. The number of carbonyl (C=O) groups is 1. The van der Waals surface area contributed by atoms with Crippen molar-refractivity contribution >= 4 is 17.6 Å². The highest BCUT2D eigenvalue weighted by Crippen LogP contribution is 2.27. The van der Waals surface area contributed by atoms with E-state index < -0.39 is 5.97 Å². The van der Waals surface area contributed by atoms with Gasteiger partial charge in [0.25, 0.3) is 0 Å². The van der Waals surface area contributed by atoms with E-state index in [2.05, 4.69) is 0 Å². The molecule has 92 valence electrons. The van der Waals surface area contributed by atoms with E-state index in [1.807, 2.05) is 18.2 Å². The molecule has 3 nitrogen and oxygen atoms in total. The first-order chi connectivity index (χ1) is 8.61. The van der Waals surface area contributed by atoms with Crippen molar-refractivity contribution in [3.05, 3.63) is 58.6 Å². The molecule has 0 saturated heterocycles. The number of rotatable bonds is 3. The number of hydrogen-bond acceptors (Lipinski definition) is 2. The van der Waals surface area contributed by atoms with Gasteiger partial charge in [-0.3, -0.25) is 0 Å². The Bertz CT molecular complexity index is 593. The van der Waals surface area contributed by atoms with Crippen LogP contribution in [0.15, 0.2) is 42.5 Å². The van der Waals surface area contributed by atoms with Crippen LogP contribution in [0.4, 0.5) is 0 Å². The number of halogens is 1. The van der Waals surface area contributed by atoms with Crippen LogP contribution in [0.2, 0.25) is 5.02 Å². The van der Waals surface area contributed by atoms with Gasteiger partial charge in [-0.2, -0.15) is 0 Å². The van der Waals surface area contributed by atoms with Crippen LogP contribution in [0, 0.1) is 0 Å². The first-order valence-corrected chi connectivity index (χ1v) is 5.72. The van der Waals surface area contributed by atoms with Gasteiger partial charge >= 0.3 is 5.97 Å². The molecular formula is C14H11ClO3. The molecule has 0 spiro atoms. The summed E-state index contributed by atoms with van der Waals surface area (Å²) in [6.07, 6.45) is 0. The lowest BCUT2D eigenvalue weighted by atomic mass is 9.98. The van der Waals surface area contributed by atoms with Crippen molar-refractivity contribution in [3.63, 3.8) is 0 Å². The third-order valence-corrected chi connectivity index (χ3v) is 2.86. The number of carboxylic acid groups (broad SMARTS) is 1. The highest BCUT2D eigenvalue weighted by molar-refractivity contribution is 6.31. The van der Waals surface area contributed by atoms with Crippen molar-refractivity contribution in [3.8, 4) is 11.1 Å². The molecule has 0 atom stereocenters. The van der Waals surface area contributed by atoms with Gasteiger partial charge in [-0.05, 0) is 34.9 Å². The van der Waals surface area contributed by atoms with Crippen LogP contribution < -0.4 is 0 Å². The SMILES string of the molecule is O=C(O)c1cc(Cl)cc(-c2ccccc2CO)c1. The molecule has 0 aliphatic heterocycles. The number of aromatic carboxylic acids is 1. The van der Waals surface area contributed by atoms with Gasteiger partial charge in [-0.15, -0.1) is 0 Å². The van der Waals surface area contributed by atoms with E-state index >= 15 is 0 Å². The van der Waals surface area contributed by atoms with Gasteiger partial charge in [0, 0.05) is 5.02 Å². The minimum Gasteiger partial charge on any atom is -0.478 e. The van der Waals surface area contributed by atoms with E-state index in [0.717, 1.165) is 11.1 Å². The van der Waals surface area contributed by atoms with Crippen LogP contribution in [0.3, 0.4) is 0 Å². The molecule has 18 heavy (non-hydrogen) atoms. The van der Waals surface area contributed by atoms with Crippen molar-refractivity contribution in [2.24, 2.45) is 0 Å². The number of aliphatic hydroxyl groups excluding tert-OH is 1. The topological polar surface area (TPSA) is 57.5 Å². The largest absolute Gasteiger partial charge is 0.478 e. The lowest BCUT2D eigenvalue weighted by Crippen LogP contribution is -1.97. The van der Waals surface area contributed by atoms with Crippen molar-refractivity contribution in [1.82, 2.24) is 0 Å². The fourth-order valence-corrected chi connectivity index (χ4v) is 2.04. The van der Waals surface area contributed by atoms with E-state index in [4.69, 9.17) is 16.7 Å². The van der Waals surface area contributed by atoms with Gasteiger partial charge in [0.1, 0.15) is 0 Å². The maximum atomic E-state index is 11.0. The van der Waals surface area contributed by atoms with Gasteiger partial charge in [-0.1, -0.05) is 35.9 Å². The third kappa shape index (κ3) is 2.53. The molecule has 0 aliphatic carbocycles. The molecular weight excluding hydrogens is 252 g/mol. The molecule has 0 saturated carbocycles. The minimum atomic E-state index is -1.03. The van der Waals surface area contributed by atoms with Crippen LogP contribution in [0.5, 0.6) is 0 Å². The van der Waals surface area contributed by atoms with E-state index in [0.29, 0.717) is 10.6 Å². The smallest absolute Gasteiger partial charge is 0.335 e. The molecule has 0 radical (unpaired) electrons. The Morgan fingerprint density at radius 2 is 1.89 bits per heavy atom. The summed E-state index contributed by atoms with van der Waals surface area (Å²) in [4.78, 5) is 11.0. The van der Waals surface area contributed by atoms with Crippen molar-refractivity contribution in [2.45, 2.75) is 6.61 Å². The van der Waals surface area contributed by atoms with Crippen molar-refractivity contribution in [1.29, 1.82) is 0 Å². The van der Waals surface area contributed by atoms with Crippen molar-refractivity contribution in [2.75, 3.05) is 0 Å². The summed E-state index contributed by atoms with van der Waals surface area (Å²) < 4.78 is 0. The van der Waals surface area contributed by atoms with Crippen LogP contribution in [0.25, 0.3) is 11.1 Å². The van der Waals surface area contributed by atoms with Gasteiger partial charge in [0.05, 0.1) is 12.2 Å². The molecule has 4 heteroatoms. The van der Waals surface area contributed by atoms with E-state index in [1.165, 1.54) is 6.07 Å². The summed E-state index contributed by atoms with van der Waals surface area (Å²) in [5, 5.41) is 18.6. The molecule has 0 fully saturated rings. The predicted molar refractivity (Wildman–Crippen MR) is 69.8 cm³/mol. The van der Waals surface area contributed by atoms with Crippen LogP contribution in [-0.2, 0) is 6.61 Å². The lowest BCUT2D eigenvalue weighted by Gasteiger charge is -2.09. The standard InChI is InChI=1S/C14H11ClO3/c15-12-6-10(5-11(7-12)14(17)18)13-4-2-1-3-9(13)8-16/h1-7,16H,8H2,(H,17,18). The second-order valence-electron chi connectivity index (χ2n) is 3.85. The number of hydrogen-bond donors (Lipinski definition) is 2. The zero-order valence-corrected chi connectivity index (χ0v) is 10.2. The van der Waals surface area contributed by atoms with Gasteiger partial charge in [-0.25, -0.2) is 4.79 Å². The molecule has 0 aromatic heterocycles. The zero-order valence-electron chi connectivity index (χ0n) is 9.43. The quantitative estimate of drug-likeness (QED) is 0.893. The molecule has 0 amide bonds. The number of benzene rings is 2. The first-order valence-electron chi connectivity index (χ1n) is 5.35. The highest BCUT2D eigenvalue weighted by Gasteiger charge is 2.09. The molecule has 0 heterocycles. The highest BCUT2D eigenvalue weighted by atomic mass is 35.5. The fraction of sp³-hybridized carbons (Fsp3) is 0.0714. The lowest BCUT2D eigenvalue weighted by molar-refractivity contribution is 0.0697. The Morgan fingerprint density at radius 1 is 1.17 bits per heavy atom. The van der Waals surface area contributed by atoms with Gasteiger partial charge < -0.3 is 10.2 Å². The Labute approximate surface area is 109 Å². The second-order valence-corrected chi connectivity index (χ2v) is 4.29. The minimum absolute atomic E-state index is 0.106. The summed E-state index contributed by atoms with van der Waals surface area (Å²) in [7, 11) is 0. The Kier molecular flexibility index (Phi) is 3.65.